The zero-order valence-corrected chi connectivity index (χ0v) is 18.5. The Kier molecular flexibility index (Phi) is 9.67. The molecule has 166 valence electrons. The van der Waals surface area contributed by atoms with Crippen molar-refractivity contribution in [2.75, 3.05) is 13.2 Å². The fourth-order valence-corrected chi connectivity index (χ4v) is 4.21. The Hall–Kier alpha value is -0.610. The Balaban J connectivity index is 2.02. The molecule has 0 bridgehead atoms. The molecular weight excluding hydrogens is 415 g/mol. The predicted molar refractivity (Wildman–Crippen MR) is 108 cm³/mol. The van der Waals surface area contributed by atoms with Gasteiger partial charge in [0.1, 0.15) is 34.0 Å². The lowest BCUT2D eigenvalue weighted by Crippen LogP contribution is -2.36. The summed E-state index contributed by atoms with van der Waals surface area (Å²) in [7, 11) is 7.04. The molecule has 4 unspecified atom stereocenters. The molecule has 2 saturated heterocycles. The quantitative estimate of drug-likeness (QED) is 0.167. The standard InChI is InChI=1S/C16H28B2N3O8P/c1-8(2)24-6-12-15(14(20-21-19)16(18)28-12)29-30(22,23)25-7-11-10(26-9(3)4)5-13(17)27-11/h8-16H,5-7H2,1-4H3,(H,22,23)/t10?,11-,12-,13-,14?,15?,16-/m1/s1. The summed E-state index contributed by atoms with van der Waals surface area (Å²) in [6.07, 6.45) is -2.75. The van der Waals surface area contributed by atoms with Gasteiger partial charge in [-0.1, -0.05) is 5.11 Å². The van der Waals surface area contributed by atoms with Crippen molar-refractivity contribution in [3.63, 3.8) is 0 Å². The van der Waals surface area contributed by atoms with Crippen molar-refractivity contribution in [3.8, 4) is 0 Å². The number of ether oxygens (including phenoxy) is 4. The van der Waals surface area contributed by atoms with Crippen LogP contribution < -0.4 is 0 Å². The van der Waals surface area contributed by atoms with Crippen LogP contribution in [0.5, 0.6) is 0 Å². The molecule has 14 heteroatoms. The van der Waals surface area contributed by atoms with Gasteiger partial charge in [0.25, 0.3) is 0 Å². The molecule has 0 aliphatic carbocycles. The zero-order valence-electron chi connectivity index (χ0n) is 17.6. The van der Waals surface area contributed by atoms with Gasteiger partial charge in [-0.3, -0.25) is 9.05 Å². The second kappa shape index (κ2) is 11.3. The van der Waals surface area contributed by atoms with E-state index in [4.69, 9.17) is 49.2 Å². The maximum absolute atomic E-state index is 12.6. The molecule has 0 aromatic carbocycles. The van der Waals surface area contributed by atoms with Crippen LogP contribution in [0.15, 0.2) is 5.11 Å². The highest BCUT2D eigenvalue weighted by Gasteiger charge is 2.47. The first-order chi connectivity index (χ1) is 14.0. The molecule has 2 heterocycles. The first-order valence-electron chi connectivity index (χ1n) is 9.81. The number of nitrogens with zero attached hydrogens (tertiary/aromatic N) is 3. The molecule has 0 aromatic rings. The number of rotatable bonds is 11. The summed E-state index contributed by atoms with van der Waals surface area (Å²) in [4.78, 5) is 13.0. The van der Waals surface area contributed by atoms with E-state index in [1.807, 2.05) is 27.7 Å². The molecule has 1 N–H and O–H groups in total. The number of hydrogen-bond acceptors (Lipinski definition) is 8. The number of phosphoric ester groups is 1. The van der Waals surface area contributed by atoms with Crippen molar-refractivity contribution in [1.29, 1.82) is 0 Å². The minimum Gasteiger partial charge on any atom is -0.380 e. The Labute approximate surface area is 179 Å². The van der Waals surface area contributed by atoms with Crippen molar-refractivity contribution >= 4 is 23.5 Å². The lowest BCUT2D eigenvalue weighted by molar-refractivity contribution is -0.0651. The topological polar surface area (TPSA) is 141 Å². The van der Waals surface area contributed by atoms with Gasteiger partial charge in [-0.15, -0.1) is 0 Å². The van der Waals surface area contributed by atoms with Gasteiger partial charge < -0.3 is 23.8 Å². The number of phosphoric acid groups is 1. The van der Waals surface area contributed by atoms with Crippen molar-refractivity contribution in [2.24, 2.45) is 5.11 Å². The van der Waals surface area contributed by atoms with Crippen LogP contribution in [0.2, 0.25) is 0 Å². The van der Waals surface area contributed by atoms with E-state index in [0.29, 0.717) is 6.42 Å². The van der Waals surface area contributed by atoms with E-state index in [0.717, 1.165) is 0 Å². The van der Waals surface area contributed by atoms with E-state index in [1.54, 1.807) is 0 Å². The van der Waals surface area contributed by atoms with Crippen LogP contribution in [0.1, 0.15) is 34.1 Å². The highest BCUT2D eigenvalue weighted by Crippen LogP contribution is 2.48. The van der Waals surface area contributed by atoms with Crippen LogP contribution in [0.3, 0.4) is 0 Å². The zero-order chi connectivity index (χ0) is 22.5. The molecule has 0 spiro atoms. The molecule has 0 amide bonds. The van der Waals surface area contributed by atoms with Crippen LogP contribution in [-0.4, -0.2) is 88.5 Å². The van der Waals surface area contributed by atoms with E-state index in [-0.39, 0.29) is 31.5 Å². The van der Waals surface area contributed by atoms with Gasteiger partial charge in [0.05, 0.1) is 37.6 Å². The molecule has 8 atom stereocenters. The first kappa shape index (κ1) is 25.6. The Bertz CT molecular complexity index is 654. The molecule has 2 aliphatic rings. The lowest BCUT2D eigenvalue weighted by Gasteiger charge is -2.26. The summed E-state index contributed by atoms with van der Waals surface area (Å²) in [6, 6.07) is -2.62. The third kappa shape index (κ3) is 7.51. The van der Waals surface area contributed by atoms with E-state index in [2.05, 4.69) is 10.0 Å². The normalized spacial score (nSPS) is 36.2. The predicted octanol–water partition coefficient (Wildman–Crippen LogP) is 1.56. The van der Waals surface area contributed by atoms with Crippen molar-refractivity contribution in [2.45, 2.75) is 88.8 Å². The van der Waals surface area contributed by atoms with E-state index >= 15 is 0 Å². The van der Waals surface area contributed by atoms with Crippen LogP contribution >= 0.6 is 7.82 Å². The third-order valence-electron chi connectivity index (χ3n) is 4.48. The van der Waals surface area contributed by atoms with Gasteiger partial charge in [-0.2, -0.15) is 0 Å². The Morgan fingerprint density at radius 1 is 1.20 bits per heavy atom. The van der Waals surface area contributed by atoms with E-state index in [9.17, 15) is 9.46 Å². The second-order valence-corrected chi connectivity index (χ2v) is 9.13. The summed E-state index contributed by atoms with van der Waals surface area (Å²) in [5, 5.41) is 3.54. The van der Waals surface area contributed by atoms with Gasteiger partial charge in [-0.05, 0) is 39.6 Å². The SMILES string of the molecule is [B][C@@H]1O[C@H](COC(C)C)C(OP(=O)(O)OC[C@H]2O[C@@H]([B])CC2OC(C)C)C1N=[N+]=[N-]. The number of azide groups is 1. The van der Waals surface area contributed by atoms with Crippen molar-refractivity contribution in [3.05, 3.63) is 10.4 Å². The van der Waals surface area contributed by atoms with Gasteiger partial charge in [0.15, 0.2) is 0 Å². The van der Waals surface area contributed by atoms with Crippen LogP contribution in [-0.2, 0) is 32.6 Å². The fraction of sp³-hybridized carbons (Fsp3) is 1.00. The third-order valence-corrected chi connectivity index (χ3v) is 5.47. The summed E-state index contributed by atoms with van der Waals surface area (Å²) in [5.74, 6) is 0. The lowest BCUT2D eigenvalue weighted by atomic mass is 9.91. The van der Waals surface area contributed by atoms with Crippen molar-refractivity contribution < 1.29 is 37.5 Å². The van der Waals surface area contributed by atoms with Gasteiger partial charge >= 0.3 is 7.82 Å². The maximum Gasteiger partial charge on any atom is 0.472 e. The monoisotopic (exact) mass is 443 g/mol. The largest absolute Gasteiger partial charge is 0.472 e. The molecule has 11 nitrogen and oxygen atoms in total. The number of hydrogen-bond donors (Lipinski definition) is 1. The van der Waals surface area contributed by atoms with Gasteiger partial charge in [-0.25, -0.2) is 4.57 Å². The van der Waals surface area contributed by atoms with Crippen molar-refractivity contribution in [1.82, 2.24) is 0 Å². The van der Waals surface area contributed by atoms with E-state index < -0.39 is 44.2 Å². The maximum atomic E-state index is 12.6. The van der Waals surface area contributed by atoms with Gasteiger partial charge in [0.2, 0.25) is 0 Å². The van der Waals surface area contributed by atoms with E-state index in [1.165, 1.54) is 0 Å². The molecule has 2 rings (SSSR count). The van der Waals surface area contributed by atoms with Crippen LogP contribution in [0, 0.1) is 0 Å². The summed E-state index contributed by atoms with van der Waals surface area (Å²) < 4.78 is 45.2. The molecule has 30 heavy (non-hydrogen) atoms. The molecule has 4 radical (unpaired) electrons. The molecular formula is C16H28B2N3O8P. The van der Waals surface area contributed by atoms with Crippen LogP contribution in [0.4, 0.5) is 0 Å². The first-order valence-corrected chi connectivity index (χ1v) is 11.3. The van der Waals surface area contributed by atoms with Crippen LogP contribution in [0.25, 0.3) is 10.4 Å². The smallest absolute Gasteiger partial charge is 0.380 e. The Morgan fingerprint density at radius 2 is 1.90 bits per heavy atom. The Morgan fingerprint density at radius 3 is 2.50 bits per heavy atom. The second-order valence-electron chi connectivity index (χ2n) is 7.72. The average molecular weight is 443 g/mol. The summed E-state index contributed by atoms with van der Waals surface area (Å²) >= 11 is 0. The summed E-state index contributed by atoms with van der Waals surface area (Å²) in [6.45, 7) is 7.10. The minimum atomic E-state index is -4.60. The molecule has 0 saturated carbocycles. The fourth-order valence-electron chi connectivity index (χ4n) is 3.25. The minimum absolute atomic E-state index is 0.0262. The summed E-state index contributed by atoms with van der Waals surface area (Å²) in [5.41, 5.74) is 8.79. The molecule has 0 aromatic heterocycles. The molecule has 2 fully saturated rings. The highest BCUT2D eigenvalue weighted by atomic mass is 31.2. The van der Waals surface area contributed by atoms with Gasteiger partial charge in [0, 0.05) is 16.9 Å². The molecule has 2 aliphatic heterocycles. The average Bonchev–Trinajstić information content (AvgIpc) is 3.11. The highest BCUT2D eigenvalue weighted by molar-refractivity contribution is 7.47.